The van der Waals surface area contributed by atoms with E-state index >= 15 is 0 Å². The van der Waals surface area contributed by atoms with E-state index in [1.807, 2.05) is 30.3 Å². The van der Waals surface area contributed by atoms with E-state index in [0.717, 1.165) is 43.4 Å². The molecule has 0 saturated heterocycles. The number of unbranched alkanes of at least 4 members (excludes halogenated alkanes) is 1. The zero-order chi connectivity index (χ0) is 27.7. The molecule has 8 heteroatoms. The first-order valence-electron chi connectivity index (χ1n) is 13.2. The van der Waals surface area contributed by atoms with Crippen LogP contribution >= 0.6 is 0 Å². The summed E-state index contributed by atoms with van der Waals surface area (Å²) in [5, 5.41) is 0.754. The Hall–Kier alpha value is -3.52. The highest BCUT2D eigenvalue weighted by Crippen LogP contribution is 2.42. The molecule has 0 atom stereocenters. The van der Waals surface area contributed by atoms with E-state index in [-0.39, 0.29) is 6.61 Å². The van der Waals surface area contributed by atoms with Crippen molar-refractivity contribution in [2.24, 2.45) is 0 Å². The van der Waals surface area contributed by atoms with Crippen LogP contribution in [0, 0.1) is 0 Å². The minimum absolute atomic E-state index is 0.260. The van der Waals surface area contributed by atoms with Crippen LogP contribution in [0.25, 0.3) is 22.0 Å². The molecular weight excluding hydrogens is 484 g/mol. The number of esters is 1. The molecular formula is C30H40N2O6. The molecule has 2 aromatic carbocycles. The summed E-state index contributed by atoms with van der Waals surface area (Å²) in [4.78, 5) is 20.9. The summed E-state index contributed by atoms with van der Waals surface area (Å²) < 4.78 is 27.8. The normalized spacial score (nSPS) is 11.1. The molecule has 0 bridgehead atoms. The van der Waals surface area contributed by atoms with Crippen molar-refractivity contribution >= 4 is 16.9 Å². The molecule has 0 unspecified atom stereocenters. The van der Waals surface area contributed by atoms with Gasteiger partial charge in [0.05, 0.1) is 51.8 Å². The molecule has 0 aliphatic carbocycles. The first kappa shape index (κ1) is 29.0. The van der Waals surface area contributed by atoms with Crippen molar-refractivity contribution in [3.05, 3.63) is 41.6 Å². The van der Waals surface area contributed by atoms with E-state index in [2.05, 4.69) is 18.7 Å². The Bertz CT molecular complexity index is 1240. The Labute approximate surface area is 225 Å². The highest BCUT2D eigenvalue weighted by molar-refractivity contribution is 6.08. The number of carbonyl (C=O) groups is 1. The summed E-state index contributed by atoms with van der Waals surface area (Å²) in [5.74, 6) is 1.88. The van der Waals surface area contributed by atoms with Crippen molar-refractivity contribution in [2.75, 3.05) is 54.7 Å². The standard InChI is InChI=1S/C30H40N2O6/c1-8-32(9-2)16-12-11-13-22-29(30(33)38-10-3)28(20-14-15-24(34-4)25(17-20)35-5)21-18-26(36-6)27(37-7)19-23(21)31-22/h14-15,17-19H,8-13,16H2,1-7H3. The molecule has 38 heavy (non-hydrogen) atoms. The molecule has 0 aliphatic rings. The number of fused-ring (bicyclic) bond motifs is 1. The molecule has 0 fully saturated rings. The minimum Gasteiger partial charge on any atom is -0.493 e. The van der Waals surface area contributed by atoms with Crippen molar-refractivity contribution in [2.45, 2.75) is 40.0 Å². The van der Waals surface area contributed by atoms with Gasteiger partial charge in [-0.2, -0.15) is 0 Å². The average molecular weight is 525 g/mol. The first-order chi connectivity index (χ1) is 18.5. The van der Waals surface area contributed by atoms with E-state index < -0.39 is 5.97 Å². The van der Waals surface area contributed by atoms with Gasteiger partial charge in [0.2, 0.25) is 0 Å². The fourth-order valence-corrected chi connectivity index (χ4v) is 4.70. The predicted octanol–water partition coefficient (Wildman–Crippen LogP) is 5.78. The summed E-state index contributed by atoms with van der Waals surface area (Å²) in [6.45, 7) is 9.45. The number of hydrogen-bond donors (Lipinski definition) is 0. The van der Waals surface area contributed by atoms with E-state index in [9.17, 15) is 4.79 Å². The zero-order valence-electron chi connectivity index (χ0n) is 23.7. The molecule has 206 valence electrons. The molecule has 1 aromatic heterocycles. The molecule has 3 aromatic rings. The van der Waals surface area contributed by atoms with E-state index in [4.69, 9.17) is 28.7 Å². The van der Waals surface area contributed by atoms with Crippen molar-refractivity contribution in [3.63, 3.8) is 0 Å². The van der Waals surface area contributed by atoms with Gasteiger partial charge in [0.1, 0.15) is 0 Å². The first-order valence-corrected chi connectivity index (χ1v) is 13.2. The van der Waals surface area contributed by atoms with Gasteiger partial charge in [0.15, 0.2) is 23.0 Å². The molecule has 0 amide bonds. The highest BCUT2D eigenvalue weighted by Gasteiger charge is 2.25. The number of ether oxygens (including phenoxy) is 5. The van der Waals surface area contributed by atoms with Gasteiger partial charge in [-0.05, 0) is 69.6 Å². The number of nitrogens with zero attached hydrogens (tertiary/aromatic N) is 2. The van der Waals surface area contributed by atoms with Gasteiger partial charge >= 0.3 is 5.97 Å². The van der Waals surface area contributed by atoms with Crippen LogP contribution in [0.4, 0.5) is 0 Å². The number of benzene rings is 2. The Morgan fingerprint density at radius 1 is 0.816 bits per heavy atom. The van der Waals surface area contributed by atoms with Crippen LogP contribution in [0.15, 0.2) is 30.3 Å². The summed E-state index contributed by atoms with van der Waals surface area (Å²) in [6.07, 6.45) is 2.53. The number of aryl methyl sites for hydroxylation is 1. The number of aromatic nitrogens is 1. The fourth-order valence-electron chi connectivity index (χ4n) is 4.70. The quantitative estimate of drug-likeness (QED) is 0.194. The van der Waals surface area contributed by atoms with Crippen LogP contribution in [0.5, 0.6) is 23.0 Å². The van der Waals surface area contributed by atoms with Gasteiger partial charge < -0.3 is 28.6 Å². The maximum absolute atomic E-state index is 13.5. The van der Waals surface area contributed by atoms with Crippen molar-refractivity contribution in [3.8, 4) is 34.1 Å². The molecule has 0 N–H and O–H groups in total. The Balaban J connectivity index is 2.27. The maximum atomic E-state index is 13.5. The van der Waals surface area contributed by atoms with Crippen LogP contribution in [0.3, 0.4) is 0 Å². The third kappa shape index (κ3) is 6.30. The molecule has 0 radical (unpaired) electrons. The maximum Gasteiger partial charge on any atom is 0.340 e. The lowest BCUT2D eigenvalue weighted by molar-refractivity contribution is 0.0525. The molecule has 3 rings (SSSR count). The van der Waals surface area contributed by atoms with E-state index in [1.54, 1.807) is 35.4 Å². The smallest absolute Gasteiger partial charge is 0.340 e. The summed E-state index contributed by atoms with van der Waals surface area (Å²) in [7, 11) is 6.37. The van der Waals surface area contributed by atoms with Crippen molar-refractivity contribution < 1.29 is 28.5 Å². The van der Waals surface area contributed by atoms with Gasteiger partial charge in [0.25, 0.3) is 0 Å². The summed E-state index contributed by atoms with van der Waals surface area (Å²) >= 11 is 0. The molecule has 0 spiro atoms. The predicted molar refractivity (Wildman–Crippen MR) is 150 cm³/mol. The monoisotopic (exact) mass is 524 g/mol. The second-order valence-electron chi connectivity index (χ2n) is 8.81. The van der Waals surface area contributed by atoms with Gasteiger partial charge in [-0.15, -0.1) is 0 Å². The number of carbonyl (C=O) groups excluding carboxylic acids is 1. The van der Waals surface area contributed by atoms with Crippen LogP contribution in [-0.4, -0.2) is 70.5 Å². The fraction of sp³-hybridized carbons (Fsp3) is 0.467. The Morgan fingerprint density at radius 2 is 1.45 bits per heavy atom. The summed E-state index contributed by atoms with van der Waals surface area (Å²) in [5.41, 5.74) is 3.37. The average Bonchev–Trinajstić information content (AvgIpc) is 2.95. The molecule has 0 aliphatic heterocycles. The second-order valence-corrected chi connectivity index (χ2v) is 8.81. The van der Waals surface area contributed by atoms with Crippen molar-refractivity contribution in [1.82, 2.24) is 9.88 Å². The number of pyridine rings is 1. The second kappa shape index (κ2) is 13.9. The lowest BCUT2D eigenvalue weighted by atomic mass is 9.92. The lowest BCUT2D eigenvalue weighted by Gasteiger charge is -2.20. The van der Waals surface area contributed by atoms with Gasteiger partial charge in [-0.1, -0.05) is 19.9 Å². The molecule has 0 saturated carbocycles. The van der Waals surface area contributed by atoms with Crippen LogP contribution < -0.4 is 18.9 Å². The zero-order valence-corrected chi connectivity index (χ0v) is 23.7. The summed E-state index contributed by atoms with van der Waals surface area (Å²) in [6, 6.07) is 9.34. The Kier molecular flexibility index (Phi) is 10.6. The van der Waals surface area contributed by atoms with E-state index in [1.165, 1.54) is 0 Å². The minimum atomic E-state index is -0.403. The third-order valence-corrected chi connectivity index (χ3v) is 6.75. The van der Waals surface area contributed by atoms with E-state index in [0.29, 0.717) is 51.8 Å². The van der Waals surface area contributed by atoms with Gasteiger partial charge in [-0.25, -0.2) is 4.79 Å². The highest BCUT2D eigenvalue weighted by atomic mass is 16.5. The number of methoxy groups -OCH3 is 4. The molecule has 1 heterocycles. The Morgan fingerprint density at radius 3 is 2.05 bits per heavy atom. The van der Waals surface area contributed by atoms with Crippen molar-refractivity contribution in [1.29, 1.82) is 0 Å². The number of hydrogen-bond acceptors (Lipinski definition) is 8. The van der Waals surface area contributed by atoms with Crippen LogP contribution in [0.1, 0.15) is 49.7 Å². The number of rotatable bonds is 14. The lowest BCUT2D eigenvalue weighted by Crippen LogP contribution is -2.24. The van der Waals surface area contributed by atoms with Crippen LogP contribution in [-0.2, 0) is 11.2 Å². The molecule has 8 nitrogen and oxygen atoms in total. The van der Waals surface area contributed by atoms with Gasteiger partial charge in [0, 0.05) is 17.0 Å². The van der Waals surface area contributed by atoms with Crippen LogP contribution in [0.2, 0.25) is 0 Å². The topological polar surface area (TPSA) is 79.4 Å². The SMILES string of the molecule is CCOC(=O)c1c(CCCCN(CC)CC)nc2cc(OC)c(OC)cc2c1-c1ccc(OC)c(OC)c1. The van der Waals surface area contributed by atoms with Gasteiger partial charge in [-0.3, -0.25) is 4.98 Å². The third-order valence-electron chi connectivity index (χ3n) is 6.75. The largest absolute Gasteiger partial charge is 0.493 e.